The molecular weight excluding hydrogens is 276 g/mol. The molecule has 1 aromatic carbocycles. The summed E-state index contributed by atoms with van der Waals surface area (Å²) < 4.78 is 2.16. The third-order valence-electron chi connectivity index (χ3n) is 4.49. The van der Waals surface area contributed by atoms with Crippen LogP contribution in [0.3, 0.4) is 0 Å². The maximum atomic E-state index is 9.84. The van der Waals surface area contributed by atoms with E-state index < -0.39 is 0 Å². The number of fused-ring (bicyclic) bond motifs is 1. The molecule has 5 heteroatoms. The Bertz CT molecular complexity index is 812. The number of hydrogen-bond donors (Lipinski definition) is 2. The van der Waals surface area contributed by atoms with Gasteiger partial charge in [0.2, 0.25) is 0 Å². The van der Waals surface area contributed by atoms with Gasteiger partial charge in [-0.25, -0.2) is 9.97 Å². The van der Waals surface area contributed by atoms with E-state index in [2.05, 4.69) is 32.9 Å². The van der Waals surface area contributed by atoms with Gasteiger partial charge >= 0.3 is 0 Å². The predicted octanol–water partition coefficient (Wildman–Crippen LogP) is 2.77. The van der Waals surface area contributed by atoms with Crippen LogP contribution in [0.4, 0.5) is 5.82 Å². The minimum atomic E-state index is -0.221. The van der Waals surface area contributed by atoms with Crippen molar-refractivity contribution in [3.63, 3.8) is 0 Å². The van der Waals surface area contributed by atoms with Crippen molar-refractivity contribution >= 4 is 16.9 Å². The standard InChI is InChI=1S/C17H18N4O/c18-16-15-14(11-4-2-1-3-5-11)9-21(17(15)20-10-19-16)12-6-7-13(22)8-12/h1-5,9-10,12-13,22H,6-8H2,(H2,18,19,20)/t12-,13+/m0/s1. The normalized spacial score (nSPS) is 21.5. The van der Waals surface area contributed by atoms with Crippen molar-refractivity contribution in [2.45, 2.75) is 31.4 Å². The molecule has 5 nitrogen and oxygen atoms in total. The zero-order valence-corrected chi connectivity index (χ0v) is 12.2. The molecule has 0 spiro atoms. The van der Waals surface area contributed by atoms with Gasteiger partial charge in [-0.3, -0.25) is 0 Å². The smallest absolute Gasteiger partial charge is 0.146 e. The Morgan fingerprint density at radius 1 is 1.14 bits per heavy atom. The maximum Gasteiger partial charge on any atom is 0.146 e. The Labute approximate surface area is 128 Å². The largest absolute Gasteiger partial charge is 0.393 e. The van der Waals surface area contributed by atoms with Crippen LogP contribution in [0.25, 0.3) is 22.2 Å². The molecule has 112 valence electrons. The highest BCUT2D eigenvalue weighted by atomic mass is 16.3. The van der Waals surface area contributed by atoms with E-state index in [0.717, 1.165) is 41.4 Å². The summed E-state index contributed by atoms with van der Waals surface area (Å²) in [6.07, 6.45) is 5.96. The molecule has 1 saturated carbocycles. The second-order valence-electron chi connectivity index (χ2n) is 5.89. The summed E-state index contributed by atoms with van der Waals surface area (Å²) in [7, 11) is 0. The first-order valence-corrected chi connectivity index (χ1v) is 7.58. The number of aliphatic hydroxyl groups excluding tert-OH is 1. The van der Waals surface area contributed by atoms with Crippen molar-refractivity contribution in [2.24, 2.45) is 0 Å². The van der Waals surface area contributed by atoms with Gasteiger partial charge in [-0.1, -0.05) is 30.3 Å². The highest BCUT2D eigenvalue weighted by Crippen LogP contribution is 2.38. The molecule has 3 aromatic rings. The van der Waals surface area contributed by atoms with E-state index in [1.807, 2.05) is 18.2 Å². The highest BCUT2D eigenvalue weighted by molar-refractivity contribution is 6.00. The van der Waals surface area contributed by atoms with Crippen molar-refractivity contribution in [2.75, 3.05) is 5.73 Å². The number of nitrogens with zero attached hydrogens (tertiary/aromatic N) is 3. The van der Waals surface area contributed by atoms with Gasteiger partial charge in [-0.15, -0.1) is 0 Å². The van der Waals surface area contributed by atoms with Crippen LogP contribution < -0.4 is 5.73 Å². The van der Waals surface area contributed by atoms with Gasteiger partial charge in [0.1, 0.15) is 17.8 Å². The lowest BCUT2D eigenvalue weighted by molar-refractivity contribution is 0.178. The number of aliphatic hydroxyl groups is 1. The molecule has 4 rings (SSSR count). The molecule has 0 saturated heterocycles. The van der Waals surface area contributed by atoms with E-state index in [9.17, 15) is 5.11 Å². The van der Waals surface area contributed by atoms with E-state index in [0.29, 0.717) is 5.82 Å². The Morgan fingerprint density at radius 3 is 2.68 bits per heavy atom. The number of benzene rings is 1. The Balaban J connectivity index is 1.94. The second kappa shape index (κ2) is 5.10. The highest BCUT2D eigenvalue weighted by Gasteiger charge is 2.27. The van der Waals surface area contributed by atoms with Gasteiger partial charge in [0.25, 0.3) is 0 Å². The lowest BCUT2D eigenvalue weighted by atomic mass is 10.1. The first-order valence-electron chi connectivity index (χ1n) is 7.58. The van der Waals surface area contributed by atoms with Crippen LogP contribution in [0.5, 0.6) is 0 Å². The summed E-state index contributed by atoms with van der Waals surface area (Å²) in [6.45, 7) is 0. The summed E-state index contributed by atoms with van der Waals surface area (Å²) >= 11 is 0. The first-order chi connectivity index (χ1) is 10.7. The van der Waals surface area contributed by atoms with Gasteiger partial charge in [0.05, 0.1) is 11.5 Å². The number of rotatable bonds is 2. The van der Waals surface area contributed by atoms with Gasteiger partial charge in [0.15, 0.2) is 0 Å². The molecule has 1 aliphatic rings. The average molecular weight is 294 g/mol. The van der Waals surface area contributed by atoms with Crippen LogP contribution in [-0.2, 0) is 0 Å². The second-order valence-corrected chi connectivity index (χ2v) is 5.89. The Morgan fingerprint density at radius 2 is 1.95 bits per heavy atom. The van der Waals surface area contributed by atoms with E-state index in [1.54, 1.807) is 0 Å². The fourth-order valence-electron chi connectivity index (χ4n) is 3.41. The quantitative estimate of drug-likeness (QED) is 0.762. The van der Waals surface area contributed by atoms with E-state index in [4.69, 9.17) is 5.73 Å². The lowest BCUT2D eigenvalue weighted by Crippen LogP contribution is -2.07. The van der Waals surface area contributed by atoms with Crippen molar-refractivity contribution in [3.05, 3.63) is 42.9 Å². The van der Waals surface area contributed by atoms with Crippen molar-refractivity contribution in [1.82, 2.24) is 14.5 Å². The molecular formula is C17H18N4O. The van der Waals surface area contributed by atoms with Crippen LogP contribution in [-0.4, -0.2) is 25.7 Å². The van der Waals surface area contributed by atoms with Gasteiger partial charge < -0.3 is 15.4 Å². The number of anilines is 1. The van der Waals surface area contributed by atoms with E-state index in [1.165, 1.54) is 6.33 Å². The summed E-state index contributed by atoms with van der Waals surface area (Å²) in [4.78, 5) is 8.60. The zero-order chi connectivity index (χ0) is 15.1. The molecule has 1 fully saturated rings. The van der Waals surface area contributed by atoms with Crippen molar-refractivity contribution < 1.29 is 5.11 Å². The molecule has 0 bridgehead atoms. The SMILES string of the molecule is Nc1ncnc2c1c(-c1ccccc1)cn2[C@H]1CC[C@@H](O)C1. The monoisotopic (exact) mass is 294 g/mol. The molecule has 22 heavy (non-hydrogen) atoms. The zero-order valence-electron chi connectivity index (χ0n) is 12.2. The van der Waals surface area contributed by atoms with Gasteiger partial charge in [-0.2, -0.15) is 0 Å². The molecule has 3 N–H and O–H groups in total. The maximum absolute atomic E-state index is 9.84. The van der Waals surface area contributed by atoms with E-state index in [-0.39, 0.29) is 12.1 Å². The summed E-state index contributed by atoms with van der Waals surface area (Å²) in [6, 6.07) is 10.4. The number of hydrogen-bond acceptors (Lipinski definition) is 4. The fraction of sp³-hybridized carbons (Fsp3) is 0.294. The molecule has 1 aliphatic carbocycles. The van der Waals surface area contributed by atoms with Gasteiger partial charge in [-0.05, 0) is 24.8 Å². The number of nitrogen functional groups attached to an aromatic ring is 1. The third-order valence-corrected chi connectivity index (χ3v) is 4.49. The molecule has 0 unspecified atom stereocenters. The van der Waals surface area contributed by atoms with Crippen LogP contribution in [0.15, 0.2) is 42.9 Å². The van der Waals surface area contributed by atoms with E-state index >= 15 is 0 Å². The number of nitrogens with two attached hydrogens (primary N) is 1. The molecule has 0 radical (unpaired) electrons. The Kier molecular flexibility index (Phi) is 3.08. The first kappa shape index (κ1) is 13.3. The lowest BCUT2D eigenvalue weighted by Gasteiger charge is -2.12. The fourth-order valence-corrected chi connectivity index (χ4v) is 3.41. The topological polar surface area (TPSA) is 77.0 Å². The van der Waals surface area contributed by atoms with Crippen LogP contribution >= 0.6 is 0 Å². The van der Waals surface area contributed by atoms with Crippen LogP contribution in [0, 0.1) is 0 Å². The average Bonchev–Trinajstić information content (AvgIpc) is 3.13. The van der Waals surface area contributed by atoms with Gasteiger partial charge in [0, 0.05) is 17.8 Å². The van der Waals surface area contributed by atoms with Crippen molar-refractivity contribution in [1.29, 1.82) is 0 Å². The molecule has 2 atom stereocenters. The summed E-state index contributed by atoms with van der Waals surface area (Å²) in [5, 5.41) is 10.7. The minimum absolute atomic E-state index is 0.221. The Hall–Kier alpha value is -2.40. The van der Waals surface area contributed by atoms with Crippen LogP contribution in [0.1, 0.15) is 25.3 Å². The number of aromatic nitrogens is 3. The predicted molar refractivity (Wildman–Crippen MR) is 86.3 cm³/mol. The summed E-state index contributed by atoms with van der Waals surface area (Å²) in [5.41, 5.74) is 9.13. The van der Waals surface area contributed by atoms with Crippen molar-refractivity contribution in [3.8, 4) is 11.1 Å². The van der Waals surface area contributed by atoms with Crippen LogP contribution in [0.2, 0.25) is 0 Å². The third kappa shape index (κ3) is 2.05. The molecule has 2 aromatic heterocycles. The molecule has 2 heterocycles. The molecule has 0 aliphatic heterocycles. The minimum Gasteiger partial charge on any atom is -0.393 e. The summed E-state index contributed by atoms with van der Waals surface area (Å²) in [5.74, 6) is 0.501. The molecule has 0 amide bonds.